The van der Waals surface area contributed by atoms with E-state index in [0.29, 0.717) is 5.95 Å². The van der Waals surface area contributed by atoms with Gasteiger partial charge in [-0.25, -0.2) is 4.98 Å². The molecule has 14 aromatic rings. The van der Waals surface area contributed by atoms with Crippen molar-refractivity contribution in [3.8, 4) is 11.8 Å². The molecule has 5 nitrogen and oxygen atoms in total. The first-order valence-corrected chi connectivity index (χ1v) is 19.8. The zero-order valence-corrected chi connectivity index (χ0v) is 30.5. The molecule has 6 heterocycles. The van der Waals surface area contributed by atoms with Gasteiger partial charge in [-0.3, -0.25) is 9.13 Å². The average molecular weight is 730 g/mol. The first-order valence-electron chi connectivity index (χ1n) is 19.0. The lowest BCUT2D eigenvalue weighted by Crippen LogP contribution is -2.06. The fraction of sp³-hybridized carbons (Fsp3) is 0. The van der Waals surface area contributed by atoms with Crippen LogP contribution in [0.5, 0.6) is 0 Å². The first kappa shape index (κ1) is 29.1. The smallest absolute Gasteiger partial charge is 0.237 e. The summed E-state index contributed by atoms with van der Waals surface area (Å²) < 4.78 is 9.47. The molecule has 0 atom stereocenters. The lowest BCUT2D eigenvalue weighted by atomic mass is 10.0. The molecule has 0 spiro atoms. The molecular formula is C50H27N5S. The molecule has 6 heteroatoms. The number of aromatic nitrogens is 5. The second kappa shape index (κ2) is 10.3. The molecule has 0 N–H and O–H groups in total. The van der Waals surface area contributed by atoms with Gasteiger partial charge in [0.15, 0.2) is 5.82 Å². The molecule has 0 fully saturated rings. The fourth-order valence-corrected chi connectivity index (χ4v) is 11.1. The summed E-state index contributed by atoms with van der Waals surface area (Å²) in [6, 6.07) is 59.5. The lowest BCUT2D eigenvalue weighted by molar-refractivity contribution is 0.978. The van der Waals surface area contributed by atoms with Crippen LogP contribution in [-0.4, -0.2) is 23.5 Å². The molecule has 0 saturated carbocycles. The number of hydrogen-bond acceptors (Lipinski definition) is 3. The van der Waals surface area contributed by atoms with Gasteiger partial charge in [0.1, 0.15) is 0 Å². The molecule has 0 aliphatic heterocycles. The molecule has 56 heavy (non-hydrogen) atoms. The van der Waals surface area contributed by atoms with E-state index in [1.54, 1.807) is 11.3 Å². The van der Waals surface area contributed by atoms with Crippen LogP contribution < -0.4 is 0 Å². The molecule has 0 aliphatic rings. The summed E-state index contributed by atoms with van der Waals surface area (Å²) in [5.74, 6) is 1.56. The minimum atomic E-state index is 0.663. The van der Waals surface area contributed by atoms with E-state index in [1.165, 1.54) is 75.1 Å². The largest absolute Gasteiger partial charge is 0.308 e. The van der Waals surface area contributed by atoms with Gasteiger partial charge < -0.3 is 4.40 Å². The van der Waals surface area contributed by atoms with Crippen LogP contribution in [0, 0.1) is 0 Å². The second-order valence-corrected chi connectivity index (χ2v) is 16.0. The van der Waals surface area contributed by atoms with Gasteiger partial charge in [-0.15, -0.1) is 11.3 Å². The quantitative estimate of drug-likeness (QED) is 0.178. The van der Waals surface area contributed by atoms with Crippen LogP contribution in [0.1, 0.15) is 0 Å². The van der Waals surface area contributed by atoms with Crippen molar-refractivity contribution in [3.05, 3.63) is 164 Å². The summed E-state index contributed by atoms with van der Waals surface area (Å²) in [6.45, 7) is 0. The summed E-state index contributed by atoms with van der Waals surface area (Å²) in [4.78, 5) is 11.4. The van der Waals surface area contributed by atoms with E-state index in [-0.39, 0.29) is 0 Å². The Labute approximate surface area is 321 Å². The number of thiophene rings is 1. The predicted octanol–water partition coefficient (Wildman–Crippen LogP) is 13.3. The van der Waals surface area contributed by atoms with Gasteiger partial charge in [-0.05, 0) is 53.2 Å². The van der Waals surface area contributed by atoms with Crippen molar-refractivity contribution in [2.45, 2.75) is 0 Å². The Morgan fingerprint density at radius 1 is 0.393 bits per heavy atom. The van der Waals surface area contributed by atoms with E-state index < -0.39 is 0 Å². The summed E-state index contributed by atoms with van der Waals surface area (Å²) in [7, 11) is 0. The van der Waals surface area contributed by atoms with Crippen LogP contribution in [0.3, 0.4) is 0 Å². The number of fused-ring (bicyclic) bond motifs is 18. The van der Waals surface area contributed by atoms with Crippen molar-refractivity contribution < 1.29 is 0 Å². The zero-order chi connectivity index (χ0) is 36.2. The van der Waals surface area contributed by atoms with Crippen LogP contribution in [-0.2, 0) is 0 Å². The van der Waals surface area contributed by atoms with Crippen LogP contribution in [0.25, 0.3) is 125 Å². The molecule has 0 radical (unpaired) electrons. The highest BCUT2D eigenvalue weighted by Gasteiger charge is 2.27. The van der Waals surface area contributed by atoms with E-state index in [2.05, 4.69) is 177 Å². The van der Waals surface area contributed by atoms with Gasteiger partial charge in [0, 0.05) is 53.2 Å². The molecule has 258 valence electrons. The van der Waals surface area contributed by atoms with E-state index in [9.17, 15) is 0 Å². The molecule has 8 aromatic carbocycles. The Morgan fingerprint density at radius 2 is 0.982 bits per heavy atom. The Kier molecular flexibility index (Phi) is 5.34. The fourth-order valence-electron chi connectivity index (χ4n) is 9.95. The Hall–Kier alpha value is -7.28. The highest BCUT2D eigenvalue weighted by Crippen LogP contribution is 2.48. The third kappa shape index (κ3) is 3.47. The van der Waals surface area contributed by atoms with E-state index >= 15 is 0 Å². The number of benzene rings is 8. The topological polar surface area (TPSA) is 40.0 Å². The van der Waals surface area contributed by atoms with Crippen LogP contribution in [0.2, 0.25) is 0 Å². The Balaban J connectivity index is 1.25. The molecule has 0 saturated heterocycles. The van der Waals surface area contributed by atoms with Crippen molar-refractivity contribution in [1.82, 2.24) is 23.5 Å². The van der Waals surface area contributed by atoms with Crippen molar-refractivity contribution in [1.29, 1.82) is 0 Å². The Bertz CT molecular complexity index is 3960. The summed E-state index contributed by atoms with van der Waals surface area (Å²) in [6.07, 6.45) is 0. The molecule has 6 aromatic heterocycles. The minimum Gasteiger partial charge on any atom is -0.308 e. The molecule has 0 bridgehead atoms. The van der Waals surface area contributed by atoms with Gasteiger partial charge in [-0.1, -0.05) is 121 Å². The standard InChI is InChI=1S/C50H27N5S/c1-2-14-29-28(13-1)25-26-41-43(29)36-27-35-32-17-5-8-20-37(32)53-40-23-11-6-18-33(40)44(46(35)53)47(36)55(41)50-51-45-34-19-7-12-24-42(34)56-48(45)49(52-50)54-38-21-9-3-15-30(38)31-16-4-10-22-39(31)54/h1-27H. The van der Waals surface area contributed by atoms with Gasteiger partial charge in [-0.2, -0.15) is 4.98 Å². The number of nitrogens with zero attached hydrogens (tertiary/aromatic N) is 5. The van der Waals surface area contributed by atoms with Gasteiger partial charge in [0.25, 0.3) is 0 Å². The molecular weight excluding hydrogens is 703 g/mol. The minimum absolute atomic E-state index is 0.663. The molecule has 0 unspecified atom stereocenters. The third-order valence-electron chi connectivity index (χ3n) is 12.2. The van der Waals surface area contributed by atoms with Crippen molar-refractivity contribution >= 4 is 124 Å². The van der Waals surface area contributed by atoms with E-state index in [4.69, 9.17) is 9.97 Å². The van der Waals surface area contributed by atoms with Crippen LogP contribution in [0.4, 0.5) is 0 Å². The van der Waals surface area contributed by atoms with Crippen molar-refractivity contribution in [3.63, 3.8) is 0 Å². The van der Waals surface area contributed by atoms with Gasteiger partial charge in [0.05, 0.1) is 48.8 Å². The zero-order valence-electron chi connectivity index (χ0n) is 29.7. The van der Waals surface area contributed by atoms with Crippen LogP contribution in [0.15, 0.2) is 164 Å². The number of para-hydroxylation sites is 4. The first-order chi connectivity index (χ1) is 27.8. The molecule has 0 amide bonds. The lowest BCUT2D eigenvalue weighted by Gasteiger charge is -2.13. The molecule has 0 aliphatic carbocycles. The maximum Gasteiger partial charge on any atom is 0.237 e. The number of rotatable bonds is 2. The monoisotopic (exact) mass is 729 g/mol. The van der Waals surface area contributed by atoms with Gasteiger partial charge >= 0.3 is 0 Å². The van der Waals surface area contributed by atoms with E-state index in [0.717, 1.165) is 43.5 Å². The summed E-state index contributed by atoms with van der Waals surface area (Å²) >= 11 is 1.77. The number of hydrogen-bond donors (Lipinski definition) is 0. The summed E-state index contributed by atoms with van der Waals surface area (Å²) in [5.41, 5.74) is 9.10. The maximum absolute atomic E-state index is 5.75. The SMILES string of the molecule is c1ccc2c(c1)ccc1c2c2cc3c4ccccc4n4c5ccccc5c(c2n1-c1nc(-n2c5ccccc5c5ccccc52)c2sc5ccccc5c2n1)c34. The Morgan fingerprint density at radius 3 is 1.73 bits per heavy atom. The maximum atomic E-state index is 5.75. The van der Waals surface area contributed by atoms with Crippen LogP contribution >= 0.6 is 11.3 Å². The molecule has 14 rings (SSSR count). The predicted molar refractivity (Wildman–Crippen MR) is 236 cm³/mol. The highest BCUT2D eigenvalue weighted by atomic mass is 32.1. The highest BCUT2D eigenvalue weighted by molar-refractivity contribution is 7.26. The third-order valence-corrected chi connectivity index (χ3v) is 13.3. The van der Waals surface area contributed by atoms with Gasteiger partial charge in [0.2, 0.25) is 5.95 Å². The van der Waals surface area contributed by atoms with E-state index in [1.807, 2.05) is 0 Å². The van der Waals surface area contributed by atoms with Crippen molar-refractivity contribution in [2.24, 2.45) is 0 Å². The normalized spacial score (nSPS) is 12.6. The second-order valence-electron chi connectivity index (χ2n) is 14.9. The average Bonchev–Trinajstić information content (AvgIpc) is 4.05. The summed E-state index contributed by atoms with van der Waals surface area (Å²) in [5, 5.41) is 13.4. The van der Waals surface area contributed by atoms with Crippen molar-refractivity contribution in [2.75, 3.05) is 0 Å².